The molecule has 0 spiro atoms. The zero-order valence-electron chi connectivity index (χ0n) is 17.0. The van der Waals surface area contributed by atoms with Crippen molar-refractivity contribution in [1.29, 1.82) is 0 Å². The summed E-state index contributed by atoms with van der Waals surface area (Å²) in [6.07, 6.45) is 0.981. The summed E-state index contributed by atoms with van der Waals surface area (Å²) in [4.78, 5) is 11.8. The number of carbonyl (C=O) groups excluding carboxylic acids is 1. The number of hydrogen-bond donors (Lipinski definition) is 0. The normalized spacial score (nSPS) is 11.8. The van der Waals surface area contributed by atoms with Gasteiger partial charge in [-0.25, -0.2) is 0 Å². The molecule has 0 aromatic heterocycles. The second kappa shape index (κ2) is 6.14. The number of aryl methyl sites for hydroxylation is 2. The van der Waals surface area contributed by atoms with Gasteiger partial charge in [0, 0.05) is 5.56 Å². The second-order valence-electron chi connectivity index (χ2n) is 8.21. The summed E-state index contributed by atoms with van der Waals surface area (Å²) in [6, 6.07) is 28.1. The Hall–Kier alpha value is -3.71. The van der Waals surface area contributed by atoms with Crippen LogP contribution in [-0.2, 0) is 0 Å². The molecule has 0 bridgehead atoms. The Morgan fingerprint density at radius 1 is 0.533 bits per heavy atom. The highest BCUT2D eigenvalue weighted by atomic mass is 16.1. The molecule has 0 fully saturated rings. The van der Waals surface area contributed by atoms with E-state index < -0.39 is 0 Å². The van der Waals surface area contributed by atoms with Crippen molar-refractivity contribution in [2.75, 3.05) is 0 Å². The van der Waals surface area contributed by atoms with Crippen LogP contribution in [0.4, 0.5) is 0 Å². The lowest BCUT2D eigenvalue weighted by Crippen LogP contribution is -1.94. The standard InChI is InChI=1S/C29H20O/c1-17-8-11-22-25-15-14-21(19-6-4-3-5-7-19)27-18(2)9-12-23(29(25)27)24-13-10-20(16-30)26(17)28(22)24/h3-16H,1-2H3. The lowest BCUT2D eigenvalue weighted by Gasteiger charge is -2.19. The highest BCUT2D eigenvalue weighted by Crippen LogP contribution is 2.45. The minimum absolute atomic E-state index is 0.765. The van der Waals surface area contributed by atoms with Gasteiger partial charge in [0.1, 0.15) is 0 Å². The van der Waals surface area contributed by atoms with Crippen LogP contribution in [0.15, 0.2) is 78.9 Å². The maximum atomic E-state index is 11.8. The first-order valence-electron chi connectivity index (χ1n) is 10.3. The van der Waals surface area contributed by atoms with Gasteiger partial charge in [0.05, 0.1) is 0 Å². The van der Waals surface area contributed by atoms with Crippen molar-refractivity contribution in [3.63, 3.8) is 0 Å². The van der Waals surface area contributed by atoms with E-state index in [-0.39, 0.29) is 0 Å². The summed E-state index contributed by atoms with van der Waals surface area (Å²) in [5, 5.41) is 9.85. The minimum atomic E-state index is 0.765. The zero-order chi connectivity index (χ0) is 20.4. The van der Waals surface area contributed by atoms with Gasteiger partial charge < -0.3 is 0 Å². The van der Waals surface area contributed by atoms with Crippen LogP contribution in [0, 0.1) is 13.8 Å². The van der Waals surface area contributed by atoms with Crippen LogP contribution in [0.1, 0.15) is 21.5 Å². The van der Waals surface area contributed by atoms with Gasteiger partial charge >= 0.3 is 0 Å². The van der Waals surface area contributed by atoms with Crippen LogP contribution < -0.4 is 0 Å². The maximum absolute atomic E-state index is 11.8. The molecule has 30 heavy (non-hydrogen) atoms. The van der Waals surface area contributed by atoms with Crippen LogP contribution in [0.2, 0.25) is 0 Å². The molecule has 1 heteroatoms. The highest BCUT2D eigenvalue weighted by molar-refractivity contribution is 6.35. The first kappa shape index (κ1) is 17.2. The third kappa shape index (κ3) is 2.15. The van der Waals surface area contributed by atoms with Gasteiger partial charge in [-0.1, -0.05) is 78.9 Å². The van der Waals surface area contributed by atoms with Crippen molar-refractivity contribution in [2.24, 2.45) is 0 Å². The number of hydrogen-bond acceptors (Lipinski definition) is 1. The van der Waals surface area contributed by atoms with E-state index in [0.29, 0.717) is 0 Å². The minimum Gasteiger partial charge on any atom is -0.298 e. The predicted octanol–water partition coefficient (Wildman–Crippen LogP) is 7.83. The van der Waals surface area contributed by atoms with Gasteiger partial charge in [-0.3, -0.25) is 4.79 Å². The van der Waals surface area contributed by atoms with Crippen molar-refractivity contribution < 1.29 is 4.79 Å². The summed E-state index contributed by atoms with van der Waals surface area (Å²) in [5.74, 6) is 0. The number of carbonyl (C=O) groups is 1. The molecule has 0 aliphatic carbocycles. The molecule has 0 unspecified atom stereocenters. The van der Waals surface area contributed by atoms with E-state index in [9.17, 15) is 4.79 Å². The van der Waals surface area contributed by atoms with Crippen molar-refractivity contribution in [3.05, 3.63) is 95.6 Å². The molecular weight excluding hydrogens is 364 g/mol. The fourth-order valence-electron chi connectivity index (χ4n) is 5.22. The van der Waals surface area contributed by atoms with Crippen LogP contribution in [-0.4, -0.2) is 6.29 Å². The lowest BCUT2D eigenvalue weighted by atomic mass is 9.84. The molecule has 0 heterocycles. The summed E-state index contributed by atoms with van der Waals surface area (Å²) in [7, 11) is 0. The van der Waals surface area contributed by atoms with Crippen molar-refractivity contribution in [3.8, 4) is 11.1 Å². The first-order valence-corrected chi connectivity index (χ1v) is 10.3. The zero-order valence-corrected chi connectivity index (χ0v) is 17.0. The summed E-state index contributed by atoms with van der Waals surface area (Å²) >= 11 is 0. The lowest BCUT2D eigenvalue weighted by molar-refractivity contribution is 0.112. The van der Waals surface area contributed by atoms with Gasteiger partial charge in [-0.05, 0) is 79.2 Å². The van der Waals surface area contributed by atoms with E-state index in [1.807, 2.05) is 6.07 Å². The van der Waals surface area contributed by atoms with Crippen molar-refractivity contribution in [2.45, 2.75) is 13.8 Å². The molecule has 6 aromatic rings. The summed E-state index contributed by atoms with van der Waals surface area (Å²) in [6.45, 7) is 4.29. The molecule has 6 rings (SSSR count). The van der Waals surface area contributed by atoms with E-state index >= 15 is 0 Å². The van der Waals surface area contributed by atoms with Gasteiger partial charge in [0.25, 0.3) is 0 Å². The third-order valence-corrected chi connectivity index (χ3v) is 6.56. The Morgan fingerprint density at radius 3 is 1.70 bits per heavy atom. The Kier molecular flexibility index (Phi) is 3.52. The fourth-order valence-corrected chi connectivity index (χ4v) is 5.22. The molecule has 0 saturated carbocycles. The van der Waals surface area contributed by atoms with E-state index in [4.69, 9.17) is 0 Å². The second-order valence-corrected chi connectivity index (χ2v) is 8.21. The summed E-state index contributed by atoms with van der Waals surface area (Å²) in [5.41, 5.74) is 5.70. The van der Waals surface area contributed by atoms with E-state index in [1.165, 1.54) is 54.4 Å². The number of rotatable bonds is 2. The molecule has 0 amide bonds. The average molecular weight is 384 g/mol. The van der Waals surface area contributed by atoms with Gasteiger partial charge in [-0.2, -0.15) is 0 Å². The third-order valence-electron chi connectivity index (χ3n) is 6.56. The fraction of sp³-hybridized carbons (Fsp3) is 0.0690. The quantitative estimate of drug-likeness (QED) is 0.169. The van der Waals surface area contributed by atoms with Crippen LogP contribution >= 0.6 is 0 Å². The Balaban J connectivity index is 1.92. The smallest absolute Gasteiger partial charge is 0.150 e. The molecule has 6 aromatic carbocycles. The van der Waals surface area contributed by atoms with Crippen LogP contribution in [0.5, 0.6) is 0 Å². The molecule has 142 valence electrons. The largest absolute Gasteiger partial charge is 0.298 e. The topological polar surface area (TPSA) is 17.1 Å². The SMILES string of the molecule is Cc1ccc2c3ccc(-c4ccccc4)c4c(C)ccc(c5ccc(C=O)c1c52)c43. The average Bonchev–Trinajstić information content (AvgIpc) is 2.79. The molecule has 0 aliphatic heterocycles. The molecular formula is C29H20O. The Bertz CT molecular complexity index is 1590. The van der Waals surface area contributed by atoms with Crippen LogP contribution in [0.25, 0.3) is 54.2 Å². The molecule has 0 saturated heterocycles. The number of aldehydes is 1. The molecule has 0 radical (unpaired) electrons. The molecule has 0 aliphatic rings. The number of benzene rings is 6. The molecule has 0 N–H and O–H groups in total. The van der Waals surface area contributed by atoms with Gasteiger partial charge in [0.2, 0.25) is 0 Å². The number of fused-ring (bicyclic) bond motifs is 2. The van der Waals surface area contributed by atoms with Crippen molar-refractivity contribution in [1.82, 2.24) is 0 Å². The highest BCUT2D eigenvalue weighted by Gasteiger charge is 2.18. The van der Waals surface area contributed by atoms with Crippen molar-refractivity contribution >= 4 is 49.4 Å². The Labute approximate surface area is 174 Å². The monoisotopic (exact) mass is 384 g/mol. The first-order chi connectivity index (χ1) is 14.7. The molecule has 1 nitrogen and oxygen atoms in total. The summed E-state index contributed by atoms with van der Waals surface area (Å²) < 4.78 is 0. The van der Waals surface area contributed by atoms with E-state index in [1.54, 1.807) is 0 Å². The van der Waals surface area contributed by atoms with Gasteiger partial charge in [-0.15, -0.1) is 0 Å². The predicted molar refractivity (Wildman–Crippen MR) is 128 cm³/mol. The van der Waals surface area contributed by atoms with E-state index in [0.717, 1.165) is 22.8 Å². The Morgan fingerprint density at radius 2 is 1.07 bits per heavy atom. The van der Waals surface area contributed by atoms with E-state index in [2.05, 4.69) is 86.6 Å². The maximum Gasteiger partial charge on any atom is 0.150 e. The molecule has 0 atom stereocenters. The van der Waals surface area contributed by atoms with Gasteiger partial charge in [0.15, 0.2) is 6.29 Å². The van der Waals surface area contributed by atoms with Crippen LogP contribution in [0.3, 0.4) is 0 Å².